The lowest BCUT2D eigenvalue weighted by molar-refractivity contribution is -0.120. The van der Waals surface area contributed by atoms with Gasteiger partial charge in [-0.25, -0.2) is 9.88 Å². The van der Waals surface area contributed by atoms with Crippen molar-refractivity contribution < 1.29 is 9.59 Å². The molecule has 0 N–H and O–H groups in total. The van der Waals surface area contributed by atoms with Crippen LogP contribution in [0.2, 0.25) is 0 Å². The number of aromatic nitrogens is 1. The highest BCUT2D eigenvalue weighted by Crippen LogP contribution is 2.19. The lowest BCUT2D eigenvalue weighted by atomic mass is 10.3. The van der Waals surface area contributed by atoms with E-state index in [9.17, 15) is 9.59 Å². The maximum atomic E-state index is 11.6. The van der Waals surface area contributed by atoms with E-state index in [1.807, 2.05) is 13.0 Å². The van der Waals surface area contributed by atoms with Gasteiger partial charge in [-0.1, -0.05) is 6.07 Å². The summed E-state index contributed by atoms with van der Waals surface area (Å²) in [5.74, 6) is -0.242. The van der Waals surface area contributed by atoms with Gasteiger partial charge in [0, 0.05) is 17.8 Å². The average molecular weight is 202 g/mol. The van der Waals surface area contributed by atoms with Gasteiger partial charge in [0.15, 0.2) is 0 Å². The number of hydrogen-bond donors (Lipinski definition) is 0. The van der Waals surface area contributed by atoms with E-state index in [1.54, 1.807) is 19.2 Å². The standard InChI is InChI=1S/C11H10N2O2/c1-7-3-4-9(12-6-7)13-10(14)5-8(2)11(13)15/h3-6H,1-2H3. The summed E-state index contributed by atoms with van der Waals surface area (Å²) in [6.07, 6.45) is 2.95. The lowest BCUT2D eigenvalue weighted by Crippen LogP contribution is -2.31. The molecule has 0 saturated heterocycles. The van der Waals surface area contributed by atoms with Gasteiger partial charge in [0.2, 0.25) is 0 Å². The first kappa shape index (κ1) is 9.58. The second-order valence-corrected chi connectivity index (χ2v) is 3.50. The van der Waals surface area contributed by atoms with Crippen molar-refractivity contribution in [2.75, 3.05) is 4.90 Å². The Morgan fingerprint density at radius 1 is 1.20 bits per heavy atom. The molecule has 2 rings (SSSR count). The van der Waals surface area contributed by atoms with Crippen molar-refractivity contribution >= 4 is 17.6 Å². The van der Waals surface area contributed by atoms with E-state index in [-0.39, 0.29) is 11.8 Å². The van der Waals surface area contributed by atoms with Gasteiger partial charge in [-0.15, -0.1) is 0 Å². The molecule has 1 aliphatic heterocycles. The zero-order valence-electron chi connectivity index (χ0n) is 8.52. The van der Waals surface area contributed by atoms with Gasteiger partial charge < -0.3 is 0 Å². The summed E-state index contributed by atoms with van der Waals surface area (Å²) < 4.78 is 0. The fourth-order valence-corrected chi connectivity index (χ4v) is 1.40. The van der Waals surface area contributed by atoms with Gasteiger partial charge in [-0.3, -0.25) is 9.59 Å². The van der Waals surface area contributed by atoms with Gasteiger partial charge in [0.25, 0.3) is 11.8 Å². The Bertz CT molecular complexity index is 460. The summed E-state index contributed by atoms with van der Waals surface area (Å²) in [6, 6.07) is 3.48. The molecule has 0 bridgehead atoms. The molecule has 0 radical (unpaired) electrons. The second-order valence-electron chi connectivity index (χ2n) is 3.50. The first-order valence-corrected chi connectivity index (χ1v) is 4.59. The van der Waals surface area contributed by atoms with E-state index in [1.165, 1.54) is 6.08 Å². The number of carbonyl (C=O) groups excluding carboxylic acids is 2. The van der Waals surface area contributed by atoms with E-state index >= 15 is 0 Å². The number of nitrogens with zero attached hydrogens (tertiary/aromatic N) is 2. The van der Waals surface area contributed by atoms with Gasteiger partial charge in [-0.2, -0.15) is 0 Å². The fourth-order valence-electron chi connectivity index (χ4n) is 1.40. The van der Waals surface area contributed by atoms with Crippen molar-refractivity contribution in [3.8, 4) is 0 Å². The number of anilines is 1. The van der Waals surface area contributed by atoms with Crippen molar-refractivity contribution in [2.45, 2.75) is 13.8 Å². The molecule has 0 aliphatic carbocycles. The van der Waals surface area contributed by atoms with Crippen molar-refractivity contribution in [3.63, 3.8) is 0 Å². The maximum absolute atomic E-state index is 11.6. The minimum atomic E-state index is -0.325. The molecule has 0 fully saturated rings. The SMILES string of the molecule is CC1=CC(=O)N(c2ccc(C)cn2)C1=O. The molecule has 0 spiro atoms. The van der Waals surface area contributed by atoms with E-state index in [0.29, 0.717) is 11.4 Å². The van der Waals surface area contributed by atoms with Crippen LogP contribution in [0.25, 0.3) is 0 Å². The highest BCUT2D eigenvalue weighted by molar-refractivity contribution is 6.29. The summed E-state index contributed by atoms with van der Waals surface area (Å²) in [4.78, 5) is 28.2. The van der Waals surface area contributed by atoms with Gasteiger partial charge in [0.1, 0.15) is 5.82 Å². The Morgan fingerprint density at radius 2 is 1.93 bits per heavy atom. The third kappa shape index (κ3) is 1.54. The van der Waals surface area contributed by atoms with Crippen LogP contribution < -0.4 is 4.90 Å². The monoisotopic (exact) mass is 202 g/mol. The van der Waals surface area contributed by atoms with Crippen LogP contribution in [-0.4, -0.2) is 16.8 Å². The number of pyridine rings is 1. The van der Waals surface area contributed by atoms with Crippen LogP contribution in [0.4, 0.5) is 5.82 Å². The van der Waals surface area contributed by atoms with E-state index < -0.39 is 0 Å². The molecule has 0 saturated carbocycles. The van der Waals surface area contributed by atoms with Crippen LogP contribution in [0, 0.1) is 6.92 Å². The molecule has 2 heterocycles. The van der Waals surface area contributed by atoms with Gasteiger partial charge in [0.05, 0.1) is 0 Å². The molecule has 15 heavy (non-hydrogen) atoms. The van der Waals surface area contributed by atoms with Crippen molar-refractivity contribution in [3.05, 3.63) is 35.5 Å². The van der Waals surface area contributed by atoms with Crippen LogP contribution >= 0.6 is 0 Å². The Balaban J connectivity index is 2.38. The molecule has 4 nitrogen and oxygen atoms in total. The number of carbonyl (C=O) groups is 2. The second kappa shape index (κ2) is 3.31. The zero-order valence-corrected chi connectivity index (χ0v) is 8.52. The first-order chi connectivity index (χ1) is 7.09. The smallest absolute Gasteiger partial charge is 0.262 e. The minimum absolute atomic E-state index is 0.295. The number of hydrogen-bond acceptors (Lipinski definition) is 3. The summed E-state index contributed by atoms with van der Waals surface area (Å²) in [5, 5.41) is 0. The fraction of sp³-hybridized carbons (Fsp3) is 0.182. The third-order valence-electron chi connectivity index (χ3n) is 2.23. The molecule has 1 aromatic heterocycles. The van der Waals surface area contributed by atoms with Crippen LogP contribution in [0.5, 0.6) is 0 Å². The highest BCUT2D eigenvalue weighted by Gasteiger charge is 2.30. The quantitative estimate of drug-likeness (QED) is 0.643. The van der Waals surface area contributed by atoms with E-state index in [2.05, 4.69) is 4.98 Å². The minimum Gasteiger partial charge on any atom is -0.269 e. The Labute approximate surface area is 87.2 Å². The van der Waals surface area contributed by atoms with Crippen LogP contribution in [-0.2, 0) is 9.59 Å². The summed E-state index contributed by atoms with van der Waals surface area (Å²) in [5.41, 5.74) is 1.44. The van der Waals surface area contributed by atoms with E-state index in [0.717, 1.165) is 10.5 Å². The van der Waals surface area contributed by atoms with Crippen LogP contribution in [0.1, 0.15) is 12.5 Å². The molecule has 0 aromatic carbocycles. The molecule has 0 atom stereocenters. The van der Waals surface area contributed by atoms with Gasteiger partial charge >= 0.3 is 0 Å². The molecule has 1 aliphatic rings. The Morgan fingerprint density at radius 3 is 2.40 bits per heavy atom. The molecule has 0 unspecified atom stereocenters. The number of aryl methyl sites for hydroxylation is 1. The molecule has 2 amide bonds. The van der Waals surface area contributed by atoms with Crippen molar-refractivity contribution in [1.82, 2.24) is 4.98 Å². The largest absolute Gasteiger partial charge is 0.269 e. The molecule has 76 valence electrons. The lowest BCUT2D eigenvalue weighted by Gasteiger charge is -2.12. The summed E-state index contributed by atoms with van der Waals surface area (Å²) in [6.45, 7) is 3.52. The van der Waals surface area contributed by atoms with Crippen LogP contribution in [0.3, 0.4) is 0 Å². The molecular weight excluding hydrogens is 192 g/mol. The van der Waals surface area contributed by atoms with Crippen LogP contribution in [0.15, 0.2) is 30.0 Å². The third-order valence-corrected chi connectivity index (χ3v) is 2.23. The number of amides is 2. The predicted molar refractivity (Wildman–Crippen MR) is 55.2 cm³/mol. The van der Waals surface area contributed by atoms with Gasteiger partial charge in [-0.05, 0) is 25.5 Å². The summed E-state index contributed by atoms with van der Waals surface area (Å²) in [7, 11) is 0. The first-order valence-electron chi connectivity index (χ1n) is 4.59. The summed E-state index contributed by atoms with van der Waals surface area (Å²) >= 11 is 0. The molecule has 1 aromatic rings. The normalized spacial score (nSPS) is 15.9. The Hall–Kier alpha value is -1.97. The Kier molecular flexibility index (Phi) is 2.11. The zero-order chi connectivity index (χ0) is 11.0. The predicted octanol–water partition coefficient (Wildman–Crippen LogP) is 1.21. The number of rotatable bonds is 1. The van der Waals surface area contributed by atoms with E-state index in [4.69, 9.17) is 0 Å². The van der Waals surface area contributed by atoms with Crippen molar-refractivity contribution in [1.29, 1.82) is 0 Å². The topological polar surface area (TPSA) is 50.3 Å². The highest BCUT2D eigenvalue weighted by atomic mass is 16.2. The number of imide groups is 1. The maximum Gasteiger partial charge on any atom is 0.262 e. The molecular formula is C11H10N2O2. The molecule has 4 heteroatoms. The average Bonchev–Trinajstić information content (AvgIpc) is 2.44. The van der Waals surface area contributed by atoms with Crippen molar-refractivity contribution in [2.24, 2.45) is 0 Å².